The SMILES string of the molecule is O=C(O)c1ccc(CCc2ccccc2)s1. The van der Waals surface area contributed by atoms with Crippen LogP contribution in [0.2, 0.25) is 0 Å². The zero-order valence-corrected chi connectivity index (χ0v) is 9.54. The molecule has 1 heterocycles. The van der Waals surface area contributed by atoms with Gasteiger partial charge in [-0.1, -0.05) is 30.3 Å². The van der Waals surface area contributed by atoms with Crippen LogP contribution in [0.15, 0.2) is 42.5 Å². The molecule has 0 saturated heterocycles. The molecular formula is C13H12O2S. The Labute approximate surface area is 98.2 Å². The maximum atomic E-state index is 10.7. The molecule has 0 aliphatic carbocycles. The van der Waals surface area contributed by atoms with Crippen molar-refractivity contribution < 1.29 is 9.90 Å². The van der Waals surface area contributed by atoms with Gasteiger partial charge in [0.1, 0.15) is 4.88 Å². The highest BCUT2D eigenvalue weighted by atomic mass is 32.1. The van der Waals surface area contributed by atoms with Gasteiger partial charge in [-0.15, -0.1) is 11.3 Å². The van der Waals surface area contributed by atoms with Crippen LogP contribution in [0.1, 0.15) is 20.1 Å². The molecule has 2 aromatic rings. The number of carboxylic acids is 1. The van der Waals surface area contributed by atoms with E-state index in [1.54, 1.807) is 6.07 Å². The normalized spacial score (nSPS) is 10.2. The van der Waals surface area contributed by atoms with Crippen molar-refractivity contribution in [2.24, 2.45) is 0 Å². The molecule has 1 aromatic heterocycles. The van der Waals surface area contributed by atoms with Crippen molar-refractivity contribution in [1.29, 1.82) is 0 Å². The van der Waals surface area contributed by atoms with Crippen LogP contribution >= 0.6 is 11.3 Å². The smallest absolute Gasteiger partial charge is 0.345 e. The van der Waals surface area contributed by atoms with Gasteiger partial charge in [0, 0.05) is 4.88 Å². The van der Waals surface area contributed by atoms with Crippen LogP contribution in [0.25, 0.3) is 0 Å². The minimum absolute atomic E-state index is 0.420. The topological polar surface area (TPSA) is 37.3 Å². The fourth-order valence-corrected chi connectivity index (χ4v) is 2.39. The van der Waals surface area contributed by atoms with E-state index in [0.29, 0.717) is 4.88 Å². The Kier molecular flexibility index (Phi) is 3.37. The van der Waals surface area contributed by atoms with E-state index in [4.69, 9.17) is 5.11 Å². The van der Waals surface area contributed by atoms with E-state index in [9.17, 15) is 4.79 Å². The van der Waals surface area contributed by atoms with Gasteiger partial charge in [-0.3, -0.25) is 0 Å². The number of aryl methyl sites for hydroxylation is 2. The molecule has 3 heteroatoms. The second kappa shape index (κ2) is 4.94. The van der Waals surface area contributed by atoms with E-state index in [1.807, 2.05) is 24.3 Å². The Morgan fingerprint density at radius 2 is 1.81 bits per heavy atom. The van der Waals surface area contributed by atoms with Crippen molar-refractivity contribution in [3.8, 4) is 0 Å². The maximum absolute atomic E-state index is 10.7. The first-order valence-electron chi connectivity index (χ1n) is 5.11. The monoisotopic (exact) mass is 232 g/mol. The highest BCUT2D eigenvalue weighted by molar-refractivity contribution is 7.13. The summed E-state index contributed by atoms with van der Waals surface area (Å²) in [6, 6.07) is 13.8. The summed E-state index contributed by atoms with van der Waals surface area (Å²) in [5.41, 5.74) is 1.28. The van der Waals surface area contributed by atoms with Crippen molar-refractivity contribution in [1.82, 2.24) is 0 Å². The average Bonchev–Trinajstić information content (AvgIpc) is 2.76. The van der Waals surface area contributed by atoms with E-state index >= 15 is 0 Å². The number of rotatable bonds is 4. The van der Waals surface area contributed by atoms with Crippen molar-refractivity contribution >= 4 is 17.3 Å². The van der Waals surface area contributed by atoms with E-state index in [0.717, 1.165) is 17.7 Å². The number of thiophene rings is 1. The lowest BCUT2D eigenvalue weighted by Crippen LogP contribution is -1.90. The first kappa shape index (κ1) is 10.9. The molecule has 0 radical (unpaired) electrons. The Morgan fingerprint density at radius 3 is 2.44 bits per heavy atom. The standard InChI is InChI=1S/C13H12O2S/c14-13(15)12-9-8-11(16-12)7-6-10-4-2-1-3-5-10/h1-5,8-9H,6-7H2,(H,14,15). The number of benzene rings is 1. The number of hydrogen-bond donors (Lipinski definition) is 1. The third kappa shape index (κ3) is 2.70. The molecule has 0 bridgehead atoms. The molecule has 0 unspecified atom stereocenters. The van der Waals surface area contributed by atoms with Crippen molar-refractivity contribution in [3.05, 3.63) is 57.8 Å². The fourth-order valence-electron chi connectivity index (χ4n) is 1.54. The minimum Gasteiger partial charge on any atom is -0.477 e. The summed E-state index contributed by atoms with van der Waals surface area (Å²) in [5, 5.41) is 8.79. The Bertz CT molecular complexity index is 474. The maximum Gasteiger partial charge on any atom is 0.345 e. The molecule has 0 atom stereocenters. The molecule has 1 N–H and O–H groups in total. The number of hydrogen-bond acceptors (Lipinski definition) is 2. The predicted octanol–water partition coefficient (Wildman–Crippen LogP) is 3.23. The second-order valence-corrected chi connectivity index (χ2v) is 4.73. The van der Waals surface area contributed by atoms with Gasteiger partial charge in [-0.25, -0.2) is 4.79 Å². The molecule has 16 heavy (non-hydrogen) atoms. The molecule has 0 aliphatic rings. The highest BCUT2D eigenvalue weighted by Gasteiger charge is 2.06. The zero-order valence-electron chi connectivity index (χ0n) is 8.72. The van der Waals surface area contributed by atoms with Crippen LogP contribution in [-0.2, 0) is 12.8 Å². The number of carbonyl (C=O) groups is 1. The third-order valence-corrected chi connectivity index (χ3v) is 3.51. The van der Waals surface area contributed by atoms with Crippen LogP contribution in [0.3, 0.4) is 0 Å². The van der Waals surface area contributed by atoms with Crippen molar-refractivity contribution in [2.75, 3.05) is 0 Å². The largest absolute Gasteiger partial charge is 0.477 e. The summed E-state index contributed by atoms with van der Waals surface area (Å²) >= 11 is 1.36. The van der Waals surface area contributed by atoms with Crippen molar-refractivity contribution in [3.63, 3.8) is 0 Å². The number of carboxylic acid groups (broad SMARTS) is 1. The summed E-state index contributed by atoms with van der Waals surface area (Å²) < 4.78 is 0. The van der Waals surface area contributed by atoms with Crippen LogP contribution in [0.5, 0.6) is 0 Å². The Hall–Kier alpha value is -1.61. The van der Waals surface area contributed by atoms with Gasteiger partial charge in [0.15, 0.2) is 0 Å². The zero-order chi connectivity index (χ0) is 11.4. The first-order valence-corrected chi connectivity index (χ1v) is 5.93. The number of aromatic carboxylic acids is 1. The van der Waals surface area contributed by atoms with Gasteiger partial charge in [0.2, 0.25) is 0 Å². The molecular weight excluding hydrogens is 220 g/mol. The summed E-state index contributed by atoms with van der Waals surface area (Å²) in [6.45, 7) is 0. The molecule has 2 nitrogen and oxygen atoms in total. The molecule has 1 aromatic carbocycles. The van der Waals surface area contributed by atoms with Gasteiger partial charge in [-0.2, -0.15) is 0 Å². The van der Waals surface area contributed by atoms with Gasteiger partial charge in [0.05, 0.1) is 0 Å². The first-order chi connectivity index (χ1) is 7.75. The van der Waals surface area contributed by atoms with Gasteiger partial charge >= 0.3 is 5.97 Å². The summed E-state index contributed by atoms with van der Waals surface area (Å²) in [7, 11) is 0. The highest BCUT2D eigenvalue weighted by Crippen LogP contribution is 2.18. The van der Waals surface area contributed by atoms with Gasteiger partial charge in [0.25, 0.3) is 0 Å². The molecule has 0 fully saturated rings. The quantitative estimate of drug-likeness (QED) is 0.878. The average molecular weight is 232 g/mol. The van der Waals surface area contributed by atoms with E-state index < -0.39 is 5.97 Å². The predicted molar refractivity (Wildman–Crippen MR) is 65.1 cm³/mol. The third-order valence-electron chi connectivity index (χ3n) is 2.38. The van der Waals surface area contributed by atoms with Crippen LogP contribution < -0.4 is 0 Å². The second-order valence-electron chi connectivity index (χ2n) is 3.56. The Morgan fingerprint density at radius 1 is 1.06 bits per heavy atom. The molecule has 2 rings (SSSR count). The molecule has 0 amide bonds. The minimum atomic E-state index is -0.837. The fraction of sp³-hybridized carbons (Fsp3) is 0.154. The van der Waals surface area contributed by atoms with Gasteiger partial charge < -0.3 is 5.11 Å². The van der Waals surface area contributed by atoms with Crippen molar-refractivity contribution in [2.45, 2.75) is 12.8 Å². The lowest BCUT2D eigenvalue weighted by atomic mass is 10.1. The molecule has 0 spiro atoms. The molecule has 82 valence electrons. The van der Waals surface area contributed by atoms with Crippen LogP contribution in [0, 0.1) is 0 Å². The summed E-state index contributed by atoms with van der Waals surface area (Å²) in [6.07, 6.45) is 1.86. The van der Waals surface area contributed by atoms with Gasteiger partial charge in [-0.05, 0) is 30.5 Å². The summed E-state index contributed by atoms with van der Waals surface area (Å²) in [4.78, 5) is 12.2. The summed E-state index contributed by atoms with van der Waals surface area (Å²) in [5.74, 6) is -0.837. The van der Waals surface area contributed by atoms with E-state index in [1.165, 1.54) is 16.9 Å². The van der Waals surface area contributed by atoms with Crippen LogP contribution in [-0.4, -0.2) is 11.1 Å². The molecule has 0 saturated carbocycles. The lowest BCUT2D eigenvalue weighted by Gasteiger charge is -1.98. The van der Waals surface area contributed by atoms with E-state index in [2.05, 4.69) is 12.1 Å². The molecule has 0 aliphatic heterocycles. The lowest BCUT2D eigenvalue weighted by molar-refractivity contribution is 0.0702. The van der Waals surface area contributed by atoms with E-state index in [-0.39, 0.29) is 0 Å². The van der Waals surface area contributed by atoms with Crippen LogP contribution in [0.4, 0.5) is 0 Å². The Balaban J connectivity index is 1.97.